The van der Waals surface area contributed by atoms with Crippen molar-refractivity contribution in [3.8, 4) is 0 Å². The highest BCUT2D eigenvalue weighted by atomic mass is 19.4. The van der Waals surface area contributed by atoms with Crippen molar-refractivity contribution in [1.29, 1.82) is 0 Å². The van der Waals surface area contributed by atoms with Gasteiger partial charge in [-0.3, -0.25) is 0 Å². The second-order valence-corrected chi connectivity index (χ2v) is 5.04. The van der Waals surface area contributed by atoms with Crippen LogP contribution in [0.25, 0.3) is 0 Å². The lowest BCUT2D eigenvalue weighted by Gasteiger charge is -2.23. The average Bonchev–Trinajstić information content (AvgIpc) is 2.34. The highest BCUT2D eigenvalue weighted by molar-refractivity contribution is 5.19. The van der Waals surface area contributed by atoms with Crippen LogP contribution in [0.2, 0.25) is 0 Å². The number of alkyl halides is 3. The molecule has 3 unspecified atom stereocenters. The Bertz CT molecular complexity index is 365. The molecule has 0 amide bonds. The van der Waals surface area contributed by atoms with Crippen molar-refractivity contribution in [2.45, 2.75) is 38.5 Å². The number of hydrogen-bond donors (Lipinski definition) is 2. The number of benzene rings is 1. The fourth-order valence-corrected chi connectivity index (χ4v) is 1.94. The van der Waals surface area contributed by atoms with Crippen LogP contribution in [0.1, 0.15) is 31.9 Å². The molecule has 0 bridgehead atoms. The molecular weight excluding hydrogens is 253 g/mol. The van der Waals surface area contributed by atoms with E-state index in [1.165, 1.54) is 6.92 Å². The van der Waals surface area contributed by atoms with E-state index in [9.17, 15) is 13.2 Å². The smallest absolute Gasteiger partial charge is 0.324 e. The summed E-state index contributed by atoms with van der Waals surface area (Å²) in [6, 6.07) is 8.81. The van der Waals surface area contributed by atoms with Crippen LogP contribution in [0.5, 0.6) is 0 Å². The van der Waals surface area contributed by atoms with Crippen LogP contribution in [0.15, 0.2) is 30.3 Å². The average molecular weight is 274 g/mol. The van der Waals surface area contributed by atoms with Crippen molar-refractivity contribution in [3.63, 3.8) is 0 Å². The van der Waals surface area contributed by atoms with Crippen molar-refractivity contribution in [2.24, 2.45) is 11.7 Å². The molecule has 0 saturated heterocycles. The summed E-state index contributed by atoms with van der Waals surface area (Å²) >= 11 is 0. The topological polar surface area (TPSA) is 38.0 Å². The van der Waals surface area contributed by atoms with Gasteiger partial charge in [0, 0.05) is 12.1 Å². The van der Waals surface area contributed by atoms with Crippen LogP contribution < -0.4 is 11.1 Å². The number of nitrogens with two attached hydrogens (primary N) is 1. The van der Waals surface area contributed by atoms with Crippen LogP contribution >= 0.6 is 0 Å². The molecule has 0 fully saturated rings. The third-order valence-electron chi connectivity index (χ3n) is 3.12. The fourth-order valence-electron chi connectivity index (χ4n) is 1.94. The Labute approximate surface area is 112 Å². The second kappa shape index (κ2) is 6.91. The van der Waals surface area contributed by atoms with Crippen molar-refractivity contribution < 1.29 is 13.2 Å². The summed E-state index contributed by atoms with van der Waals surface area (Å²) in [6.45, 7) is 3.94. The van der Waals surface area contributed by atoms with Crippen molar-refractivity contribution in [2.75, 3.05) is 6.54 Å². The highest BCUT2D eigenvalue weighted by Gasteiger charge is 2.30. The van der Waals surface area contributed by atoms with E-state index in [-0.39, 0.29) is 12.0 Å². The van der Waals surface area contributed by atoms with E-state index >= 15 is 0 Å². The zero-order valence-electron chi connectivity index (χ0n) is 11.2. The fraction of sp³-hybridized carbons (Fsp3) is 0.571. The lowest BCUT2D eigenvalue weighted by molar-refractivity contribution is -0.139. The van der Waals surface area contributed by atoms with Gasteiger partial charge in [0.15, 0.2) is 0 Å². The maximum Gasteiger partial charge on any atom is 0.390 e. The molecule has 0 spiro atoms. The Morgan fingerprint density at radius 3 is 2.26 bits per heavy atom. The van der Waals surface area contributed by atoms with Gasteiger partial charge in [0.05, 0.1) is 6.42 Å². The largest absolute Gasteiger partial charge is 0.390 e. The Kier molecular flexibility index (Phi) is 5.82. The van der Waals surface area contributed by atoms with Gasteiger partial charge in [0.25, 0.3) is 0 Å². The number of hydrogen-bond acceptors (Lipinski definition) is 2. The maximum absolute atomic E-state index is 12.2. The highest BCUT2D eigenvalue weighted by Crippen LogP contribution is 2.22. The maximum atomic E-state index is 12.2. The van der Waals surface area contributed by atoms with E-state index < -0.39 is 18.6 Å². The molecule has 3 N–H and O–H groups in total. The Hall–Kier alpha value is -1.07. The molecular formula is C14H21F3N2. The van der Waals surface area contributed by atoms with Gasteiger partial charge in [-0.15, -0.1) is 0 Å². The zero-order chi connectivity index (χ0) is 14.5. The molecule has 0 heterocycles. The van der Waals surface area contributed by atoms with Crippen LogP contribution in [-0.2, 0) is 0 Å². The first-order valence-electron chi connectivity index (χ1n) is 6.40. The molecule has 0 aliphatic heterocycles. The summed E-state index contributed by atoms with van der Waals surface area (Å²) in [7, 11) is 0. The SMILES string of the molecule is CC(CC(F)(F)F)NCC(C)C(N)c1ccccc1. The van der Waals surface area contributed by atoms with Gasteiger partial charge in [-0.25, -0.2) is 0 Å². The normalized spacial score (nSPS) is 16.9. The molecule has 108 valence electrons. The van der Waals surface area contributed by atoms with Gasteiger partial charge >= 0.3 is 6.18 Å². The summed E-state index contributed by atoms with van der Waals surface area (Å²) < 4.78 is 36.6. The molecule has 0 aliphatic carbocycles. The molecule has 0 radical (unpaired) electrons. The third-order valence-corrected chi connectivity index (χ3v) is 3.12. The van der Waals surface area contributed by atoms with Crippen LogP contribution in [0.4, 0.5) is 13.2 Å². The number of rotatable bonds is 6. The first kappa shape index (κ1) is 16.0. The third kappa shape index (κ3) is 6.07. The van der Waals surface area contributed by atoms with Crippen molar-refractivity contribution in [3.05, 3.63) is 35.9 Å². The van der Waals surface area contributed by atoms with Crippen molar-refractivity contribution >= 4 is 0 Å². The predicted octanol–water partition coefficient (Wildman–Crippen LogP) is 3.25. The Morgan fingerprint density at radius 2 is 1.74 bits per heavy atom. The second-order valence-electron chi connectivity index (χ2n) is 5.04. The first-order chi connectivity index (χ1) is 8.79. The molecule has 0 aliphatic rings. The van der Waals surface area contributed by atoms with E-state index in [1.807, 2.05) is 37.3 Å². The van der Waals surface area contributed by atoms with Crippen LogP contribution in [0.3, 0.4) is 0 Å². The van der Waals surface area contributed by atoms with Gasteiger partial charge in [-0.05, 0) is 24.9 Å². The van der Waals surface area contributed by atoms with Crippen molar-refractivity contribution in [1.82, 2.24) is 5.32 Å². The number of nitrogens with one attached hydrogen (secondary N) is 1. The lowest BCUT2D eigenvalue weighted by atomic mass is 9.95. The molecule has 2 nitrogen and oxygen atoms in total. The Balaban J connectivity index is 2.41. The molecule has 1 aromatic rings. The van der Waals surface area contributed by atoms with E-state index in [4.69, 9.17) is 5.73 Å². The van der Waals surface area contributed by atoms with E-state index in [1.54, 1.807) is 0 Å². The Morgan fingerprint density at radius 1 is 1.16 bits per heavy atom. The minimum atomic E-state index is -4.13. The van der Waals surface area contributed by atoms with Gasteiger partial charge in [-0.1, -0.05) is 37.3 Å². The standard InChI is InChI=1S/C14H21F3N2/c1-10(9-19-11(2)8-14(15,16)17)13(18)12-6-4-3-5-7-12/h3-7,10-11,13,19H,8-9,18H2,1-2H3. The van der Waals surface area contributed by atoms with Crippen LogP contribution in [-0.4, -0.2) is 18.8 Å². The summed E-state index contributed by atoms with van der Waals surface area (Å²) in [4.78, 5) is 0. The molecule has 1 aromatic carbocycles. The van der Waals surface area contributed by atoms with E-state index in [2.05, 4.69) is 5.32 Å². The summed E-state index contributed by atoms with van der Waals surface area (Å²) in [5, 5.41) is 2.89. The molecule has 5 heteroatoms. The monoisotopic (exact) mass is 274 g/mol. The quantitative estimate of drug-likeness (QED) is 0.835. The van der Waals surface area contributed by atoms with Gasteiger partial charge in [-0.2, -0.15) is 13.2 Å². The van der Waals surface area contributed by atoms with Crippen LogP contribution in [0, 0.1) is 5.92 Å². The first-order valence-corrected chi connectivity index (χ1v) is 6.40. The zero-order valence-corrected chi connectivity index (χ0v) is 11.2. The van der Waals surface area contributed by atoms with E-state index in [0.29, 0.717) is 6.54 Å². The summed E-state index contributed by atoms with van der Waals surface area (Å²) in [6.07, 6.45) is -4.95. The van der Waals surface area contributed by atoms with Gasteiger partial charge < -0.3 is 11.1 Å². The minimum Gasteiger partial charge on any atom is -0.324 e. The van der Waals surface area contributed by atoms with Gasteiger partial charge in [0.1, 0.15) is 0 Å². The summed E-state index contributed by atoms with van der Waals surface area (Å²) in [5.74, 6) is 0.0677. The lowest BCUT2D eigenvalue weighted by Crippen LogP contribution is -2.37. The molecule has 0 aromatic heterocycles. The van der Waals surface area contributed by atoms with E-state index in [0.717, 1.165) is 5.56 Å². The predicted molar refractivity (Wildman–Crippen MR) is 70.7 cm³/mol. The molecule has 19 heavy (non-hydrogen) atoms. The molecule has 0 saturated carbocycles. The molecule has 1 rings (SSSR count). The number of halogens is 3. The molecule has 3 atom stereocenters. The minimum absolute atomic E-state index is 0.0677. The van der Waals surface area contributed by atoms with Gasteiger partial charge in [0.2, 0.25) is 0 Å². The summed E-state index contributed by atoms with van der Waals surface area (Å²) in [5.41, 5.74) is 7.09.